The summed E-state index contributed by atoms with van der Waals surface area (Å²) in [6, 6.07) is 0. The van der Waals surface area contributed by atoms with E-state index in [1.165, 1.54) is 6.42 Å². The number of hydrogen-bond donors (Lipinski definition) is 1. The third-order valence-corrected chi connectivity index (χ3v) is 5.07. The van der Waals surface area contributed by atoms with Crippen molar-refractivity contribution in [3.8, 4) is 0 Å². The van der Waals surface area contributed by atoms with Crippen LogP contribution in [0, 0.1) is 23.2 Å². The summed E-state index contributed by atoms with van der Waals surface area (Å²) in [6.45, 7) is 12.6. The molecule has 1 amide bonds. The van der Waals surface area contributed by atoms with E-state index in [4.69, 9.17) is 0 Å². The summed E-state index contributed by atoms with van der Waals surface area (Å²) >= 11 is 0. The topological polar surface area (TPSA) is 60.9 Å². The van der Waals surface area contributed by atoms with Crippen molar-refractivity contribution < 1.29 is 14.7 Å². The summed E-state index contributed by atoms with van der Waals surface area (Å²) in [6.07, 6.45) is 1.19. The van der Waals surface area contributed by atoms with Crippen LogP contribution in [0.25, 0.3) is 0 Å². The molecule has 0 aromatic heterocycles. The molecule has 0 bridgehead atoms. The molecule has 2 fully saturated rings. The highest BCUT2D eigenvalue weighted by atomic mass is 16.4. The molecule has 2 aliphatic rings. The van der Waals surface area contributed by atoms with Crippen LogP contribution in [-0.2, 0) is 9.59 Å². The second-order valence-corrected chi connectivity index (χ2v) is 7.46. The third kappa shape index (κ3) is 3.39. The van der Waals surface area contributed by atoms with Gasteiger partial charge in [0.05, 0.1) is 11.8 Å². The molecule has 120 valence electrons. The average Bonchev–Trinajstić information content (AvgIpc) is 2.99. The molecule has 5 heteroatoms. The number of amides is 1. The Kier molecular flexibility index (Phi) is 4.61. The Labute approximate surface area is 127 Å². The van der Waals surface area contributed by atoms with Crippen molar-refractivity contribution >= 4 is 11.9 Å². The fourth-order valence-corrected chi connectivity index (χ4v) is 3.39. The van der Waals surface area contributed by atoms with E-state index >= 15 is 0 Å². The maximum atomic E-state index is 12.5. The van der Waals surface area contributed by atoms with Crippen LogP contribution in [0.1, 0.15) is 34.1 Å². The van der Waals surface area contributed by atoms with Crippen LogP contribution in [0.5, 0.6) is 0 Å². The lowest BCUT2D eigenvalue weighted by molar-refractivity contribution is -0.142. The van der Waals surface area contributed by atoms with Crippen LogP contribution in [-0.4, -0.2) is 59.5 Å². The van der Waals surface area contributed by atoms with E-state index in [0.717, 1.165) is 32.7 Å². The first-order chi connectivity index (χ1) is 9.75. The minimum Gasteiger partial charge on any atom is -0.481 e. The Morgan fingerprint density at radius 3 is 2.14 bits per heavy atom. The molecule has 1 saturated heterocycles. The van der Waals surface area contributed by atoms with E-state index in [9.17, 15) is 14.7 Å². The summed E-state index contributed by atoms with van der Waals surface area (Å²) in [4.78, 5) is 28.0. The molecule has 5 nitrogen and oxygen atoms in total. The molecular weight excluding hydrogens is 268 g/mol. The minimum absolute atomic E-state index is 0.0379. The number of piperazine rings is 1. The highest BCUT2D eigenvalue weighted by Crippen LogP contribution is 2.59. The van der Waals surface area contributed by atoms with Crippen molar-refractivity contribution in [1.82, 2.24) is 9.80 Å². The van der Waals surface area contributed by atoms with Crippen molar-refractivity contribution in [2.75, 3.05) is 32.7 Å². The maximum absolute atomic E-state index is 12.5. The first-order valence-electron chi connectivity index (χ1n) is 7.99. The van der Waals surface area contributed by atoms with Crippen molar-refractivity contribution in [3.05, 3.63) is 0 Å². The average molecular weight is 296 g/mol. The Morgan fingerprint density at radius 2 is 1.71 bits per heavy atom. The van der Waals surface area contributed by atoms with Crippen LogP contribution < -0.4 is 0 Å². The zero-order valence-corrected chi connectivity index (χ0v) is 13.6. The number of hydrogen-bond acceptors (Lipinski definition) is 3. The van der Waals surface area contributed by atoms with E-state index in [-0.39, 0.29) is 11.8 Å². The van der Waals surface area contributed by atoms with Crippen LogP contribution in [0.3, 0.4) is 0 Å². The van der Waals surface area contributed by atoms with Crippen molar-refractivity contribution in [2.24, 2.45) is 23.2 Å². The second kappa shape index (κ2) is 5.95. The summed E-state index contributed by atoms with van der Waals surface area (Å²) in [5.41, 5.74) is -0.391. The Hall–Kier alpha value is -1.10. The highest BCUT2D eigenvalue weighted by molar-refractivity contribution is 5.91. The van der Waals surface area contributed by atoms with Crippen molar-refractivity contribution in [3.63, 3.8) is 0 Å². The van der Waals surface area contributed by atoms with Gasteiger partial charge in [-0.2, -0.15) is 0 Å². The molecule has 0 aromatic carbocycles. The number of aliphatic carboxylic acids is 1. The summed E-state index contributed by atoms with van der Waals surface area (Å²) in [5, 5.41) is 9.19. The van der Waals surface area contributed by atoms with E-state index in [1.807, 2.05) is 18.7 Å². The van der Waals surface area contributed by atoms with Crippen LogP contribution in [0.2, 0.25) is 0 Å². The smallest absolute Gasteiger partial charge is 0.307 e. The molecular formula is C16H28N2O3. The zero-order valence-electron chi connectivity index (χ0n) is 13.6. The first kappa shape index (κ1) is 16.3. The van der Waals surface area contributed by atoms with Gasteiger partial charge in [0.1, 0.15) is 0 Å². The van der Waals surface area contributed by atoms with Gasteiger partial charge in [-0.3, -0.25) is 14.5 Å². The predicted octanol–water partition coefficient (Wildman–Crippen LogP) is 1.53. The molecule has 1 N–H and O–H groups in total. The van der Waals surface area contributed by atoms with Gasteiger partial charge in [-0.15, -0.1) is 0 Å². The monoisotopic (exact) mass is 296 g/mol. The third-order valence-electron chi connectivity index (χ3n) is 5.07. The Bertz CT molecular complexity index is 412. The molecule has 21 heavy (non-hydrogen) atoms. The van der Waals surface area contributed by atoms with Gasteiger partial charge in [-0.05, 0) is 24.3 Å². The fourth-order valence-electron chi connectivity index (χ4n) is 3.39. The standard InChI is InChI=1S/C16H28N2O3/c1-11(2)5-6-17-7-9-18(10-8-17)14(19)12-13(15(20)21)16(12,3)4/h11-13H,5-10H2,1-4H3,(H,20,21). The molecule has 2 rings (SSSR count). The molecule has 1 heterocycles. The number of carboxylic acid groups (broad SMARTS) is 1. The van der Waals surface area contributed by atoms with Crippen molar-refractivity contribution in [1.29, 1.82) is 0 Å². The molecule has 1 saturated carbocycles. The number of carbonyl (C=O) groups is 2. The van der Waals surface area contributed by atoms with Crippen LogP contribution >= 0.6 is 0 Å². The van der Waals surface area contributed by atoms with Gasteiger partial charge >= 0.3 is 5.97 Å². The molecule has 2 atom stereocenters. The van der Waals surface area contributed by atoms with E-state index in [1.54, 1.807) is 0 Å². The van der Waals surface area contributed by atoms with Gasteiger partial charge < -0.3 is 10.0 Å². The molecule has 1 aliphatic heterocycles. The predicted molar refractivity (Wildman–Crippen MR) is 80.9 cm³/mol. The lowest BCUT2D eigenvalue weighted by Crippen LogP contribution is -2.49. The second-order valence-electron chi connectivity index (χ2n) is 7.46. The SMILES string of the molecule is CC(C)CCN1CCN(C(=O)C2C(C(=O)O)C2(C)C)CC1. The van der Waals surface area contributed by atoms with E-state index in [2.05, 4.69) is 18.7 Å². The summed E-state index contributed by atoms with van der Waals surface area (Å²) in [5.74, 6) is -0.945. The number of carbonyl (C=O) groups excluding carboxylic acids is 1. The number of carboxylic acids is 1. The molecule has 0 radical (unpaired) electrons. The van der Waals surface area contributed by atoms with Gasteiger partial charge in [0.15, 0.2) is 0 Å². The van der Waals surface area contributed by atoms with Gasteiger partial charge in [0.2, 0.25) is 5.91 Å². The van der Waals surface area contributed by atoms with Crippen LogP contribution in [0.4, 0.5) is 0 Å². The molecule has 2 unspecified atom stereocenters. The maximum Gasteiger partial charge on any atom is 0.307 e. The Morgan fingerprint density at radius 1 is 1.14 bits per heavy atom. The fraction of sp³-hybridized carbons (Fsp3) is 0.875. The van der Waals surface area contributed by atoms with E-state index in [0.29, 0.717) is 5.92 Å². The molecule has 0 spiro atoms. The summed E-state index contributed by atoms with van der Waals surface area (Å²) < 4.78 is 0. The highest BCUT2D eigenvalue weighted by Gasteiger charge is 2.66. The quantitative estimate of drug-likeness (QED) is 0.836. The normalized spacial score (nSPS) is 28.7. The summed E-state index contributed by atoms with van der Waals surface area (Å²) in [7, 11) is 0. The first-order valence-corrected chi connectivity index (χ1v) is 7.99. The van der Waals surface area contributed by atoms with Gasteiger partial charge in [-0.1, -0.05) is 27.7 Å². The zero-order chi connectivity index (χ0) is 15.8. The van der Waals surface area contributed by atoms with E-state index < -0.39 is 17.3 Å². The van der Waals surface area contributed by atoms with Gasteiger partial charge in [0, 0.05) is 26.2 Å². The molecule has 1 aliphatic carbocycles. The lowest BCUT2D eigenvalue weighted by atomic mass is 10.1. The number of rotatable bonds is 5. The van der Waals surface area contributed by atoms with Gasteiger partial charge in [0.25, 0.3) is 0 Å². The lowest BCUT2D eigenvalue weighted by Gasteiger charge is -2.35. The minimum atomic E-state index is -0.839. The largest absolute Gasteiger partial charge is 0.481 e. The Balaban J connectivity index is 1.83. The number of nitrogens with zero attached hydrogens (tertiary/aromatic N) is 2. The van der Waals surface area contributed by atoms with Crippen LogP contribution in [0.15, 0.2) is 0 Å². The van der Waals surface area contributed by atoms with Crippen molar-refractivity contribution in [2.45, 2.75) is 34.1 Å². The van der Waals surface area contributed by atoms with Gasteiger partial charge in [-0.25, -0.2) is 0 Å². The molecule has 0 aromatic rings.